The molecule has 0 aliphatic carbocycles. The molecule has 8 heteroatoms. The second-order valence-corrected chi connectivity index (χ2v) is 6.74. The van der Waals surface area contributed by atoms with Crippen LogP contribution in [0.15, 0.2) is 17.0 Å². The molecule has 5 nitrogen and oxygen atoms in total. The van der Waals surface area contributed by atoms with Gasteiger partial charge in [0.05, 0.1) is 5.02 Å². The first-order valence-electron chi connectivity index (χ1n) is 6.78. The third-order valence-corrected chi connectivity index (χ3v) is 4.88. The SMILES string of the molecule is CCN(CC)CCCNS(=O)(=O)c1cc(N)cc(Cl)c1F. The highest BCUT2D eigenvalue weighted by Gasteiger charge is 2.21. The second-order valence-electron chi connectivity index (χ2n) is 4.59. The third-order valence-electron chi connectivity index (χ3n) is 3.14. The number of nitrogens with zero attached hydrogens (tertiary/aromatic N) is 1. The van der Waals surface area contributed by atoms with E-state index in [0.29, 0.717) is 6.42 Å². The molecule has 0 saturated heterocycles. The van der Waals surface area contributed by atoms with Gasteiger partial charge in [0.25, 0.3) is 0 Å². The van der Waals surface area contributed by atoms with Gasteiger partial charge in [-0.1, -0.05) is 25.4 Å². The largest absolute Gasteiger partial charge is 0.399 e. The second kappa shape index (κ2) is 7.93. The summed E-state index contributed by atoms with van der Waals surface area (Å²) in [6, 6.07) is 2.24. The summed E-state index contributed by atoms with van der Waals surface area (Å²) in [6.45, 7) is 6.89. The molecule has 0 spiro atoms. The summed E-state index contributed by atoms with van der Waals surface area (Å²) in [5, 5.41) is -0.307. The van der Waals surface area contributed by atoms with E-state index in [1.807, 2.05) is 13.8 Å². The summed E-state index contributed by atoms with van der Waals surface area (Å²) in [5.74, 6) is -0.984. The van der Waals surface area contributed by atoms with E-state index in [4.69, 9.17) is 17.3 Å². The highest BCUT2D eigenvalue weighted by molar-refractivity contribution is 7.89. The van der Waals surface area contributed by atoms with Crippen molar-refractivity contribution < 1.29 is 12.8 Å². The van der Waals surface area contributed by atoms with Crippen molar-refractivity contribution in [3.63, 3.8) is 0 Å². The average Bonchev–Trinajstić information content (AvgIpc) is 2.43. The standard InChI is InChI=1S/C13H21ClFN3O2S/c1-3-18(4-2)7-5-6-17-21(19,20)12-9-10(16)8-11(14)13(12)15/h8-9,17H,3-7,16H2,1-2H3. The van der Waals surface area contributed by atoms with Crippen LogP contribution in [0.25, 0.3) is 0 Å². The van der Waals surface area contributed by atoms with Crippen molar-refractivity contribution in [2.24, 2.45) is 0 Å². The van der Waals surface area contributed by atoms with Crippen molar-refractivity contribution in [3.8, 4) is 0 Å². The van der Waals surface area contributed by atoms with Crippen molar-refractivity contribution in [3.05, 3.63) is 23.0 Å². The van der Waals surface area contributed by atoms with Crippen molar-refractivity contribution in [1.29, 1.82) is 0 Å². The number of sulfonamides is 1. The molecule has 1 aromatic carbocycles. The van der Waals surface area contributed by atoms with Crippen LogP contribution in [0.5, 0.6) is 0 Å². The lowest BCUT2D eigenvalue weighted by Crippen LogP contribution is -2.30. The maximum Gasteiger partial charge on any atom is 0.243 e. The fourth-order valence-corrected chi connectivity index (χ4v) is 3.40. The fourth-order valence-electron chi connectivity index (χ4n) is 1.91. The molecule has 1 rings (SSSR count). The minimum Gasteiger partial charge on any atom is -0.399 e. The lowest BCUT2D eigenvalue weighted by molar-refractivity contribution is 0.300. The molecule has 0 heterocycles. The van der Waals surface area contributed by atoms with Crippen molar-refractivity contribution in [1.82, 2.24) is 9.62 Å². The van der Waals surface area contributed by atoms with Gasteiger partial charge in [0.15, 0.2) is 5.82 Å². The summed E-state index contributed by atoms with van der Waals surface area (Å²) in [7, 11) is -3.96. The van der Waals surface area contributed by atoms with E-state index < -0.39 is 20.7 Å². The van der Waals surface area contributed by atoms with Crippen LogP contribution in [-0.2, 0) is 10.0 Å². The van der Waals surface area contributed by atoms with Crippen LogP contribution < -0.4 is 10.5 Å². The molecule has 0 aliphatic heterocycles. The Kier molecular flexibility index (Phi) is 6.86. The summed E-state index contributed by atoms with van der Waals surface area (Å²) < 4.78 is 40.3. The quantitative estimate of drug-likeness (QED) is 0.562. The number of nitrogens with two attached hydrogens (primary N) is 1. The van der Waals surface area contributed by atoms with Gasteiger partial charge in [-0.3, -0.25) is 0 Å². The van der Waals surface area contributed by atoms with E-state index in [1.165, 1.54) is 6.07 Å². The van der Waals surface area contributed by atoms with Crippen LogP contribution in [0.2, 0.25) is 5.02 Å². The Labute approximate surface area is 130 Å². The zero-order valence-corrected chi connectivity index (χ0v) is 13.8. The first kappa shape index (κ1) is 18.2. The first-order chi connectivity index (χ1) is 9.81. The van der Waals surface area contributed by atoms with Crippen molar-refractivity contribution in [2.75, 3.05) is 31.9 Å². The number of benzene rings is 1. The van der Waals surface area contributed by atoms with Crippen LogP contribution in [0.1, 0.15) is 20.3 Å². The normalized spacial score (nSPS) is 12.0. The first-order valence-corrected chi connectivity index (χ1v) is 8.64. The number of rotatable bonds is 8. The average molecular weight is 338 g/mol. The van der Waals surface area contributed by atoms with Crippen LogP contribution in [0, 0.1) is 5.82 Å². The molecule has 0 bridgehead atoms. The molecule has 0 fully saturated rings. The fraction of sp³-hybridized carbons (Fsp3) is 0.538. The Balaban J connectivity index is 2.71. The van der Waals surface area contributed by atoms with E-state index in [-0.39, 0.29) is 17.3 Å². The van der Waals surface area contributed by atoms with Gasteiger partial charge in [0.2, 0.25) is 10.0 Å². The van der Waals surface area contributed by atoms with Crippen LogP contribution in [0.3, 0.4) is 0 Å². The molecule has 3 N–H and O–H groups in total. The summed E-state index contributed by atoms with van der Waals surface area (Å²) >= 11 is 5.61. The zero-order valence-electron chi connectivity index (χ0n) is 12.2. The number of nitrogen functional groups attached to an aromatic ring is 1. The smallest absolute Gasteiger partial charge is 0.243 e. The molecular weight excluding hydrogens is 317 g/mol. The summed E-state index contributed by atoms with van der Waals surface area (Å²) in [5.41, 5.74) is 5.61. The van der Waals surface area contributed by atoms with Crippen molar-refractivity contribution >= 4 is 27.3 Å². The molecule has 0 aliphatic rings. The van der Waals surface area contributed by atoms with Crippen molar-refractivity contribution in [2.45, 2.75) is 25.2 Å². The Morgan fingerprint density at radius 2 is 1.95 bits per heavy atom. The number of hydrogen-bond donors (Lipinski definition) is 2. The molecule has 0 amide bonds. The highest BCUT2D eigenvalue weighted by atomic mass is 35.5. The summed E-state index contributed by atoms with van der Waals surface area (Å²) in [4.78, 5) is 1.65. The molecule has 21 heavy (non-hydrogen) atoms. The van der Waals surface area contributed by atoms with Gasteiger partial charge in [-0.05, 0) is 38.2 Å². The summed E-state index contributed by atoms with van der Waals surface area (Å²) in [6.07, 6.45) is 0.637. The van der Waals surface area contributed by atoms with Gasteiger partial charge in [-0.15, -0.1) is 0 Å². The number of hydrogen-bond acceptors (Lipinski definition) is 4. The predicted molar refractivity (Wildman–Crippen MR) is 83.4 cm³/mol. The van der Waals surface area contributed by atoms with Gasteiger partial charge in [-0.25, -0.2) is 17.5 Å². The Morgan fingerprint density at radius 3 is 2.52 bits per heavy atom. The molecule has 0 radical (unpaired) electrons. The third kappa shape index (κ3) is 5.10. The maximum atomic E-state index is 13.8. The Bertz CT molecular complexity index is 577. The van der Waals surface area contributed by atoms with E-state index >= 15 is 0 Å². The molecule has 0 atom stereocenters. The Hall–Kier alpha value is -0.890. The number of halogens is 2. The predicted octanol–water partition coefficient (Wildman–Crippen LogP) is 2.07. The topological polar surface area (TPSA) is 75.4 Å². The van der Waals surface area contributed by atoms with E-state index in [2.05, 4.69) is 9.62 Å². The van der Waals surface area contributed by atoms with E-state index in [9.17, 15) is 12.8 Å². The van der Waals surface area contributed by atoms with Gasteiger partial charge in [0, 0.05) is 12.2 Å². The molecular formula is C13H21ClFN3O2S. The Morgan fingerprint density at radius 1 is 1.33 bits per heavy atom. The van der Waals surface area contributed by atoms with Gasteiger partial charge < -0.3 is 10.6 Å². The number of nitrogens with one attached hydrogen (secondary N) is 1. The van der Waals surface area contributed by atoms with E-state index in [0.717, 1.165) is 25.7 Å². The minimum absolute atomic E-state index is 0.102. The highest BCUT2D eigenvalue weighted by Crippen LogP contribution is 2.25. The maximum absolute atomic E-state index is 13.8. The van der Waals surface area contributed by atoms with Crippen LogP contribution in [0.4, 0.5) is 10.1 Å². The molecule has 1 aromatic rings. The minimum atomic E-state index is -3.96. The van der Waals surface area contributed by atoms with Gasteiger partial charge >= 0.3 is 0 Å². The van der Waals surface area contributed by atoms with Gasteiger partial charge in [0.1, 0.15) is 4.90 Å². The van der Waals surface area contributed by atoms with Crippen LogP contribution in [-0.4, -0.2) is 39.5 Å². The molecule has 0 unspecified atom stereocenters. The zero-order chi connectivity index (χ0) is 16.0. The van der Waals surface area contributed by atoms with E-state index in [1.54, 1.807) is 0 Å². The molecule has 0 aromatic heterocycles. The molecule has 120 valence electrons. The monoisotopic (exact) mass is 337 g/mol. The lowest BCUT2D eigenvalue weighted by Gasteiger charge is -2.17. The van der Waals surface area contributed by atoms with Crippen LogP contribution >= 0.6 is 11.6 Å². The van der Waals surface area contributed by atoms with Gasteiger partial charge in [-0.2, -0.15) is 0 Å². The molecule has 0 saturated carbocycles. The lowest BCUT2D eigenvalue weighted by atomic mass is 10.3. The number of anilines is 1.